The van der Waals surface area contributed by atoms with Crippen LogP contribution in [0.1, 0.15) is 19.4 Å². The maximum atomic E-state index is 5.60. The fourth-order valence-corrected chi connectivity index (χ4v) is 2.78. The molecule has 1 saturated heterocycles. The van der Waals surface area contributed by atoms with Crippen molar-refractivity contribution in [2.45, 2.75) is 25.9 Å². The molecule has 2 heterocycles. The summed E-state index contributed by atoms with van der Waals surface area (Å²) in [6, 6.07) is 8.26. The van der Waals surface area contributed by atoms with Crippen molar-refractivity contribution < 1.29 is 4.42 Å². The van der Waals surface area contributed by atoms with Crippen molar-refractivity contribution >= 4 is 11.0 Å². The smallest absolute Gasteiger partial charge is 0.134 e. The van der Waals surface area contributed by atoms with Gasteiger partial charge in [-0.1, -0.05) is 18.2 Å². The van der Waals surface area contributed by atoms with E-state index in [1.807, 2.05) is 18.4 Å². The second kappa shape index (κ2) is 4.41. The fraction of sp³-hybridized carbons (Fsp3) is 0.467. The summed E-state index contributed by atoms with van der Waals surface area (Å²) in [6.07, 6.45) is 1.90. The molecule has 0 aliphatic carbocycles. The van der Waals surface area contributed by atoms with E-state index in [4.69, 9.17) is 4.42 Å². The van der Waals surface area contributed by atoms with Crippen LogP contribution in [0.3, 0.4) is 0 Å². The number of furan rings is 1. The minimum absolute atomic E-state index is 0.206. The first-order valence-electron chi connectivity index (χ1n) is 6.57. The van der Waals surface area contributed by atoms with E-state index in [2.05, 4.69) is 36.2 Å². The molecule has 1 aromatic carbocycles. The summed E-state index contributed by atoms with van der Waals surface area (Å²) in [6.45, 7) is 8.72. The fourth-order valence-electron chi connectivity index (χ4n) is 2.78. The largest absolute Gasteiger partial charge is 0.464 e. The van der Waals surface area contributed by atoms with Gasteiger partial charge in [0.05, 0.1) is 6.26 Å². The lowest BCUT2D eigenvalue weighted by atomic mass is 10.0. The summed E-state index contributed by atoms with van der Waals surface area (Å²) in [5.41, 5.74) is 2.49. The zero-order valence-corrected chi connectivity index (χ0v) is 11.1. The van der Waals surface area contributed by atoms with Gasteiger partial charge in [-0.15, -0.1) is 0 Å². The molecule has 1 aliphatic heterocycles. The van der Waals surface area contributed by atoms with Crippen molar-refractivity contribution in [3.63, 3.8) is 0 Å². The highest BCUT2D eigenvalue weighted by atomic mass is 16.3. The molecule has 0 radical (unpaired) electrons. The summed E-state index contributed by atoms with van der Waals surface area (Å²) >= 11 is 0. The molecule has 1 fully saturated rings. The monoisotopic (exact) mass is 244 g/mol. The van der Waals surface area contributed by atoms with Crippen LogP contribution >= 0.6 is 0 Å². The first kappa shape index (κ1) is 11.8. The molecule has 2 aromatic rings. The maximum absolute atomic E-state index is 5.60. The SMILES string of the molecule is CC1(C)CN(Cc2coc3ccccc23)CCN1. The summed E-state index contributed by atoms with van der Waals surface area (Å²) in [5.74, 6) is 0. The molecule has 3 nitrogen and oxygen atoms in total. The van der Waals surface area contributed by atoms with Gasteiger partial charge in [0.1, 0.15) is 5.58 Å². The van der Waals surface area contributed by atoms with E-state index >= 15 is 0 Å². The van der Waals surface area contributed by atoms with Crippen LogP contribution < -0.4 is 5.32 Å². The Balaban J connectivity index is 1.80. The molecular weight excluding hydrogens is 224 g/mol. The standard InChI is InChI=1S/C15H20N2O/c1-15(2)11-17(8-7-16-15)9-12-10-18-14-6-4-3-5-13(12)14/h3-6,10,16H,7-9,11H2,1-2H3. The predicted molar refractivity (Wildman–Crippen MR) is 73.6 cm³/mol. The first-order chi connectivity index (χ1) is 8.64. The highest BCUT2D eigenvalue weighted by molar-refractivity contribution is 5.80. The van der Waals surface area contributed by atoms with Gasteiger partial charge in [0.15, 0.2) is 0 Å². The third kappa shape index (κ3) is 2.28. The van der Waals surface area contributed by atoms with Crippen molar-refractivity contribution in [1.29, 1.82) is 0 Å². The molecule has 0 spiro atoms. The van der Waals surface area contributed by atoms with Gasteiger partial charge in [-0.3, -0.25) is 4.90 Å². The molecule has 0 saturated carbocycles. The second-order valence-corrected chi connectivity index (χ2v) is 5.78. The number of hydrogen-bond donors (Lipinski definition) is 1. The average molecular weight is 244 g/mol. The van der Waals surface area contributed by atoms with Gasteiger partial charge >= 0.3 is 0 Å². The minimum Gasteiger partial charge on any atom is -0.464 e. The number of hydrogen-bond acceptors (Lipinski definition) is 3. The maximum Gasteiger partial charge on any atom is 0.134 e. The predicted octanol–water partition coefficient (Wildman–Crippen LogP) is 2.62. The third-order valence-electron chi connectivity index (χ3n) is 3.61. The van der Waals surface area contributed by atoms with E-state index in [1.54, 1.807) is 0 Å². The molecule has 1 aromatic heterocycles. The van der Waals surface area contributed by atoms with Crippen LogP contribution in [0.15, 0.2) is 34.9 Å². The first-order valence-corrected chi connectivity index (χ1v) is 6.57. The van der Waals surface area contributed by atoms with E-state index in [0.717, 1.165) is 31.8 Å². The van der Waals surface area contributed by atoms with Gasteiger partial charge in [0.2, 0.25) is 0 Å². The van der Waals surface area contributed by atoms with Gasteiger partial charge in [-0.05, 0) is 19.9 Å². The van der Waals surface area contributed by atoms with E-state index in [0.29, 0.717) is 0 Å². The molecule has 1 aliphatic rings. The second-order valence-electron chi connectivity index (χ2n) is 5.78. The zero-order chi connectivity index (χ0) is 12.6. The molecular formula is C15H20N2O. The van der Waals surface area contributed by atoms with E-state index < -0.39 is 0 Å². The molecule has 0 amide bonds. The molecule has 3 heteroatoms. The van der Waals surface area contributed by atoms with Crippen LogP contribution in [0.5, 0.6) is 0 Å². The van der Waals surface area contributed by atoms with Gasteiger partial charge < -0.3 is 9.73 Å². The quantitative estimate of drug-likeness (QED) is 0.880. The van der Waals surface area contributed by atoms with Crippen molar-refractivity contribution in [1.82, 2.24) is 10.2 Å². The van der Waals surface area contributed by atoms with Crippen LogP contribution in [-0.2, 0) is 6.54 Å². The van der Waals surface area contributed by atoms with Gasteiger partial charge in [0.25, 0.3) is 0 Å². The highest BCUT2D eigenvalue weighted by Gasteiger charge is 2.26. The molecule has 18 heavy (non-hydrogen) atoms. The third-order valence-corrected chi connectivity index (χ3v) is 3.61. The van der Waals surface area contributed by atoms with Gasteiger partial charge in [0, 0.05) is 42.7 Å². The summed E-state index contributed by atoms with van der Waals surface area (Å²) in [5, 5.41) is 4.78. The topological polar surface area (TPSA) is 28.4 Å². The zero-order valence-electron chi connectivity index (χ0n) is 11.1. The van der Waals surface area contributed by atoms with Crippen LogP contribution in [0.25, 0.3) is 11.0 Å². The Bertz CT molecular complexity index is 544. The lowest BCUT2D eigenvalue weighted by molar-refractivity contribution is 0.148. The number of benzene rings is 1. The van der Waals surface area contributed by atoms with E-state index in [-0.39, 0.29) is 5.54 Å². The number of rotatable bonds is 2. The molecule has 1 N–H and O–H groups in total. The van der Waals surface area contributed by atoms with Crippen LogP contribution in [0.2, 0.25) is 0 Å². The van der Waals surface area contributed by atoms with Crippen molar-refractivity contribution in [2.75, 3.05) is 19.6 Å². The Morgan fingerprint density at radius 3 is 3.00 bits per heavy atom. The number of nitrogens with one attached hydrogen (secondary N) is 1. The van der Waals surface area contributed by atoms with Crippen molar-refractivity contribution in [3.8, 4) is 0 Å². The molecule has 0 atom stereocenters. The highest BCUT2D eigenvalue weighted by Crippen LogP contribution is 2.23. The average Bonchev–Trinajstić information content (AvgIpc) is 2.72. The van der Waals surface area contributed by atoms with Crippen LogP contribution in [0, 0.1) is 0 Å². The van der Waals surface area contributed by atoms with Gasteiger partial charge in [-0.25, -0.2) is 0 Å². The molecule has 96 valence electrons. The number of nitrogens with zero attached hydrogens (tertiary/aromatic N) is 1. The molecule has 3 rings (SSSR count). The number of fused-ring (bicyclic) bond motifs is 1. The minimum atomic E-state index is 0.206. The molecule has 0 bridgehead atoms. The summed E-state index contributed by atoms with van der Waals surface area (Å²) < 4.78 is 5.60. The lowest BCUT2D eigenvalue weighted by Gasteiger charge is -2.39. The number of piperazine rings is 1. The Hall–Kier alpha value is -1.32. The Morgan fingerprint density at radius 1 is 1.33 bits per heavy atom. The summed E-state index contributed by atoms with van der Waals surface area (Å²) in [4.78, 5) is 2.49. The van der Waals surface area contributed by atoms with Crippen molar-refractivity contribution in [2.24, 2.45) is 0 Å². The normalized spacial score (nSPS) is 20.3. The van der Waals surface area contributed by atoms with E-state index in [9.17, 15) is 0 Å². The Kier molecular flexibility index (Phi) is 2.88. The van der Waals surface area contributed by atoms with Gasteiger partial charge in [-0.2, -0.15) is 0 Å². The molecule has 0 unspecified atom stereocenters. The lowest BCUT2D eigenvalue weighted by Crippen LogP contribution is -2.56. The van der Waals surface area contributed by atoms with E-state index in [1.165, 1.54) is 10.9 Å². The summed E-state index contributed by atoms with van der Waals surface area (Å²) in [7, 11) is 0. The Morgan fingerprint density at radius 2 is 2.17 bits per heavy atom. The van der Waals surface area contributed by atoms with Crippen LogP contribution in [0.4, 0.5) is 0 Å². The van der Waals surface area contributed by atoms with Crippen molar-refractivity contribution in [3.05, 3.63) is 36.1 Å². The number of para-hydroxylation sites is 1. The Labute approximate surface area is 108 Å². The van der Waals surface area contributed by atoms with Crippen LogP contribution in [-0.4, -0.2) is 30.1 Å².